The minimum Gasteiger partial charge on any atom is -0.465 e. The summed E-state index contributed by atoms with van der Waals surface area (Å²) in [6.07, 6.45) is 2.76. The summed E-state index contributed by atoms with van der Waals surface area (Å²) >= 11 is 12.3. The van der Waals surface area contributed by atoms with E-state index in [1.54, 1.807) is 42.5 Å². The average molecular weight is 379 g/mol. The van der Waals surface area contributed by atoms with Crippen molar-refractivity contribution in [1.29, 1.82) is 0 Å². The predicted octanol–water partition coefficient (Wildman–Crippen LogP) is 5.69. The van der Waals surface area contributed by atoms with Gasteiger partial charge < -0.3 is 4.74 Å². The van der Waals surface area contributed by atoms with Gasteiger partial charge in [-0.25, -0.2) is 0 Å². The number of unbranched alkanes of at least 4 members (excludes halogenated alkanes) is 2. The van der Waals surface area contributed by atoms with E-state index in [9.17, 15) is 9.59 Å². The highest BCUT2D eigenvalue weighted by Crippen LogP contribution is 2.31. The van der Waals surface area contributed by atoms with Gasteiger partial charge in [-0.2, -0.15) is 0 Å². The second-order valence-electron chi connectivity index (χ2n) is 5.68. The molecule has 0 aliphatic carbocycles. The molecule has 25 heavy (non-hydrogen) atoms. The first-order valence-electron chi connectivity index (χ1n) is 8.26. The SMILES string of the molecule is CCCCCOC(=O)C(C(=O)c1c(Cl)cccc1Cl)c1ccccc1. The first kappa shape index (κ1) is 19.5. The molecule has 1 atom stereocenters. The number of carbonyl (C=O) groups is 2. The molecule has 2 aromatic carbocycles. The van der Waals surface area contributed by atoms with Crippen molar-refractivity contribution >= 4 is 35.0 Å². The number of ketones is 1. The highest BCUT2D eigenvalue weighted by Gasteiger charge is 2.33. The molecule has 0 bridgehead atoms. The fraction of sp³-hybridized carbons (Fsp3) is 0.300. The van der Waals surface area contributed by atoms with Crippen LogP contribution in [-0.2, 0) is 9.53 Å². The molecule has 0 amide bonds. The van der Waals surface area contributed by atoms with Gasteiger partial charge in [0.25, 0.3) is 0 Å². The van der Waals surface area contributed by atoms with Crippen LogP contribution < -0.4 is 0 Å². The number of benzene rings is 2. The summed E-state index contributed by atoms with van der Waals surface area (Å²) in [7, 11) is 0. The fourth-order valence-electron chi connectivity index (χ4n) is 2.53. The van der Waals surface area contributed by atoms with Crippen molar-refractivity contribution in [3.05, 3.63) is 69.7 Å². The van der Waals surface area contributed by atoms with E-state index in [0.717, 1.165) is 19.3 Å². The van der Waals surface area contributed by atoms with Crippen LogP contribution in [-0.4, -0.2) is 18.4 Å². The Morgan fingerprint density at radius 3 is 2.20 bits per heavy atom. The van der Waals surface area contributed by atoms with Crippen LogP contribution in [0, 0.1) is 0 Å². The van der Waals surface area contributed by atoms with Crippen LogP contribution in [0.4, 0.5) is 0 Å². The first-order valence-corrected chi connectivity index (χ1v) is 9.01. The van der Waals surface area contributed by atoms with Crippen molar-refractivity contribution in [3.8, 4) is 0 Å². The van der Waals surface area contributed by atoms with Crippen molar-refractivity contribution in [2.24, 2.45) is 0 Å². The maximum atomic E-state index is 13.0. The lowest BCUT2D eigenvalue weighted by molar-refractivity contribution is -0.144. The lowest BCUT2D eigenvalue weighted by Crippen LogP contribution is -2.25. The van der Waals surface area contributed by atoms with Crippen molar-refractivity contribution in [3.63, 3.8) is 0 Å². The molecule has 2 rings (SSSR count). The van der Waals surface area contributed by atoms with Crippen LogP contribution in [0.15, 0.2) is 48.5 Å². The van der Waals surface area contributed by atoms with E-state index in [2.05, 4.69) is 6.92 Å². The van der Waals surface area contributed by atoms with Gasteiger partial charge in [-0.1, -0.05) is 79.4 Å². The van der Waals surface area contributed by atoms with Gasteiger partial charge in [0.15, 0.2) is 5.78 Å². The Labute approximate surface area is 157 Å². The summed E-state index contributed by atoms with van der Waals surface area (Å²) in [4.78, 5) is 25.7. The molecule has 0 aliphatic heterocycles. The molecule has 0 aromatic heterocycles. The minimum absolute atomic E-state index is 0.144. The Hall–Kier alpha value is -1.84. The molecule has 0 radical (unpaired) electrons. The molecule has 5 heteroatoms. The number of halogens is 2. The van der Waals surface area contributed by atoms with Crippen molar-refractivity contribution < 1.29 is 14.3 Å². The fourth-order valence-corrected chi connectivity index (χ4v) is 3.11. The molecule has 1 unspecified atom stereocenters. The average Bonchev–Trinajstić information content (AvgIpc) is 2.60. The highest BCUT2D eigenvalue weighted by molar-refractivity contribution is 6.40. The molecule has 0 aliphatic rings. The molecule has 0 heterocycles. The lowest BCUT2D eigenvalue weighted by atomic mass is 9.90. The van der Waals surface area contributed by atoms with Crippen LogP contribution in [0.5, 0.6) is 0 Å². The summed E-state index contributed by atoms with van der Waals surface area (Å²) in [6, 6.07) is 13.6. The monoisotopic (exact) mass is 378 g/mol. The third kappa shape index (κ3) is 5.07. The zero-order valence-electron chi connectivity index (χ0n) is 14.0. The number of carbonyl (C=O) groups excluding carboxylic acids is 2. The van der Waals surface area contributed by atoms with E-state index in [4.69, 9.17) is 27.9 Å². The van der Waals surface area contributed by atoms with Gasteiger partial charge >= 0.3 is 5.97 Å². The standard InChI is InChI=1S/C20H20Cl2O3/c1-2-3-7-13-25-20(24)17(14-9-5-4-6-10-14)19(23)18-15(21)11-8-12-16(18)22/h4-6,8-12,17H,2-3,7,13H2,1H3. The smallest absolute Gasteiger partial charge is 0.321 e. The van der Waals surface area contributed by atoms with E-state index in [0.29, 0.717) is 12.2 Å². The third-order valence-electron chi connectivity index (χ3n) is 3.83. The van der Waals surface area contributed by atoms with Gasteiger partial charge in [0, 0.05) is 0 Å². The molecular formula is C20H20Cl2O3. The third-order valence-corrected chi connectivity index (χ3v) is 4.46. The second kappa shape index (κ2) is 9.59. The van der Waals surface area contributed by atoms with Crippen molar-refractivity contribution in [2.75, 3.05) is 6.61 Å². The molecule has 3 nitrogen and oxygen atoms in total. The van der Waals surface area contributed by atoms with Gasteiger partial charge in [0.2, 0.25) is 0 Å². The molecular weight excluding hydrogens is 359 g/mol. The molecule has 132 valence electrons. The zero-order chi connectivity index (χ0) is 18.2. The van der Waals surface area contributed by atoms with E-state index >= 15 is 0 Å². The zero-order valence-corrected chi connectivity index (χ0v) is 15.5. The number of ether oxygens (including phenoxy) is 1. The van der Waals surface area contributed by atoms with E-state index < -0.39 is 17.7 Å². The summed E-state index contributed by atoms with van der Waals surface area (Å²) in [6.45, 7) is 2.36. The molecule has 0 fully saturated rings. The minimum atomic E-state index is -1.08. The maximum Gasteiger partial charge on any atom is 0.321 e. The first-order chi connectivity index (χ1) is 12.1. The van der Waals surface area contributed by atoms with Crippen molar-refractivity contribution in [1.82, 2.24) is 0 Å². The molecule has 2 aromatic rings. The number of Topliss-reactive ketones (excluding diaryl/α,β-unsaturated/α-hetero) is 1. The molecule has 0 spiro atoms. The van der Waals surface area contributed by atoms with E-state index in [1.165, 1.54) is 0 Å². The summed E-state index contributed by atoms with van der Waals surface area (Å²) in [5.41, 5.74) is 0.703. The van der Waals surface area contributed by atoms with Gasteiger partial charge in [-0.05, 0) is 24.1 Å². The van der Waals surface area contributed by atoms with Crippen LogP contribution in [0.1, 0.15) is 48.0 Å². The highest BCUT2D eigenvalue weighted by atomic mass is 35.5. The Kier molecular flexibility index (Phi) is 7.48. The van der Waals surface area contributed by atoms with Gasteiger partial charge in [-0.15, -0.1) is 0 Å². The van der Waals surface area contributed by atoms with Crippen LogP contribution >= 0.6 is 23.2 Å². The molecule has 0 saturated heterocycles. The topological polar surface area (TPSA) is 43.4 Å². The largest absolute Gasteiger partial charge is 0.465 e. The maximum absolute atomic E-state index is 13.0. The van der Waals surface area contributed by atoms with Gasteiger partial charge in [-0.3, -0.25) is 9.59 Å². The number of hydrogen-bond acceptors (Lipinski definition) is 3. The van der Waals surface area contributed by atoms with Crippen LogP contribution in [0.25, 0.3) is 0 Å². The quantitative estimate of drug-likeness (QED) is 0.256. The predicted molar refractivity (Wildman–Crippen MR) is 100 cm³/mol. The van der Waals surface area contributed by atoms with Gasteiger partial charge in [0.1, 0.15) is 5.92 Å². The molecule has 0 saturated carbocycles. The molecule has 0 N–H and O–H groups in total. The number of rotatable bonds is 8. The normalized spacial score (nSPS) is 11.8. The summed E-state index contributed by atoms with van der Waals surface area (Å²) < 4.78 is 5.34. The summed E-state index contributed by atoms with van der Waals surface area (Å²) in [5, 5.41) is 0.439. The van der Waals surface area contributed by atoms with Crippen LogP contribution in [0.2, 0.25) is 10.0 Å². The van der Waals surface area contributed by atoms with Gasteiger partial charge in [0.05, 0.1) is 22.2 Å². The Bertz CT molecular complexity index is 709. The Morgan fingerprint density at radius 2 is 1.60 bits per heavy atom. The lowest BCUT2D eigenvalue weighted by Gasteiger charge is -2.17. The van der Waals surface area contributed by atoms with Crippen molar-refractivity contribution in [2.45, 2.75) is 32.1 Å². The second-order valence-corrected chi connectivity index (χ2v) is 6.49. The number of hydrogen-bond donors (Lipinski definition) is 0. The Morgan fingerprint density at radius 1 is 0.960 bits per heavy atom. The Balaban J connectivity index is 2.32. The van der Waals surface area contributed by atoms with E-state index in [-0.39, 0.29) is 15.6 Å². The van der Waals surface area contributed by atoms with Crippen LogP contribution in [0.3, 0.4) is 0 Å². The van der Waals surface area contributed by atoms with E-state index in [1.807, 2.05) is 6.07 Å². The summed E-state index contributed by atoms with van der Waals surface area (Å²) in [5.74, 6) is -2.12. The number of esters is 1.